The molecule has 2 aliphatic rings. The highest BCUT2D eigenvalue weighted by molar-refractivity contribution is 6.14. The summed E-state index contributed by atoms with van der Waals surface area (Å²) in [5.41, 5.74) is 4.86. The maximum atomic E-state index is 12.7. The number of hydrogen-bond acceptors (Lipinski definition) is 4. The van der Waals surface area contributed by atoms with Crippen molar-refractivity contribution in [1.82, 2.24) is 4.90 Å². The van der Waals surface area contributed by atoms with E-state index in [4.69, 9.17) is 9.47 Å². The molecule has 0 bridgehead atoms. The molecule has 27 heavy (non-hydrogen) atoms. The molecule has 0 spiro atoms. The second-order valence-electron chi connectivity index (χ2n) is 7.55. The maximum absolute atomic E-state index is 12.7. The number of benzene rings is 2. The first-order valence-corrected chi connectivity index (χ1v) is 9.50. The van der Waals surface area contributed by atoms with Crippen LogP contribution in [0.4, 0.5) is 0 Å². The second-order valence-corrected chi connectivity index (χ2v) is 7.55. The van der Waals surface area contributed by atoms with Gasteiger partial charge < -0.3 is 9.47 Å². The zero-order valence-corrected chi connectivity index (χ0v) is 16.2. The first-order chi connectivity index (χ1) is 13.0. The fourth-order valence-electron chi connectivity index (χ4n) is 3.79. The van der Waals surface area contributed by atoms with Crippen LogP contribution >= 0.6 is 0 Å². The molecule has 0 amide bonds. The van der Waals surface area contributed by atoms with E-state index in [0.717, 1.165) is 48.4 Å². The van der Waals surface area contributed by atoms with Crippen molar-refractivity contribution in [3.8, 4) is 11.5 Å². The van der Waals surface area contributed by atoms with E-state index in [1.54, 1.807) is 0 Å². The predicted molar refractivity (Wildman–Crippen MR) is 105 cm³/mol. The minimum atomic E-state index is -0.00787. The molecule has 4 nitrogen and oxygen atoms in total. The number of rotatable bonds is 4. The van der Waals surface area contributed by atoms with Crippen LogP contribution in [0.1, 0.15) is 47.3 Å². The van der Waals surface area contributed by atoms with E-state index in [1.165, 1.54) is 5.56 Å². The lowest BCUT2D eigenvalue weighted by Gasteiger charge is -2.30. The first kappa shape index (κ1) is 17.8. The summed E-state index contributed by atoms with van der Waals surface area (Å²) < 4.78 is 12.0. The Morgan fingerprint density at radius 3 is 2.70 bits per heavy atom. The van der Waals surface area contributed by atoms with Crippen molar-refractivity contribution < 1.29 is 14.3 Å². The third-order valence-corrected chi connectivity index (χ3v) is 5.20. The smallest absolute Gasteiger partial charge is 0.232 e. The summed E-state index contributed by atoms with van der Waals surface area (Å²) in [5.74, 6) is 1.99. The van der Waals surface area contributed by atoms with Crippen molar-refractivity contribution in [3.05, 3.63) is 70.0 Å². The largest absolute Gasteiger partial charge is 0.478 e. The standard InChI is InChI=1S/C23H25NO3/c1-15(2)22-21(25)20-16(3)12-19-18(23(20)27-22)13-24(14-26-19)11-7-10-17-8-5-4-6-9-17/h4-6,8-9,12H,7,10-11,13-14H2,1-3H3. The molecule has 4 heteroatoms. The molecule has 0 aliphatic carbocycles. The number of fused-ring (bicyclic) bond motifs is 3. The Hall–Kier alpha value is -2.59. The van der Waals surface area contributed by atoms with Crippen molar-refractivity contribution in [2.75, 3.05) is 13.3 Å². The molecule has 2 heterocycles. The highest BCUT2D eigenvalue weighted by Crippen LogP contribution is 2.44. The van der Waals surface area contributed by atoms with E-state index >= 15 is 0 Å². The number of Topliss-reactive ketones (excluding diaryl/α,β-unsaturated/α-hetero) is 1. The van der Waals surface area contributed by atoms with Crippen LogP contribution in [-0.4, -0.2) is 24.0 Å². The number of allylic oxidation sites excluding steroid dienone is 2. The van der Waals surface area contributed by atoms with Crippen LogP contribution in [-0.2, 0) is 13.0 Å². The van der Waals surface area contributed by atoms with Gasteiger partial charge in [-0.2, -0.15) is 0 Å². The molecule has 140 valence electrons. The molecule has 2 aliphatic heterocycles. The van der Waals surface area contributed by atoms with E-state index in [2.05, 4.69) is 29.2 Å². The molecular weight excluding hydrogens is 338 g/mol. The zero-order valence-electron chi connectivity index (χ0n) is 16.2. The van der Waals surface area contributed by atoms with Gasteiger partial charge in [0.2, 0.25) is 5.78 Å². The fourth-order valence-corrected chi connectivity index (χ4v) is 3.79. The quantitative estimate of drug-likeness (QED) is 0.741. The van der Waals surface area contributed by atoms with Gasteiger partial charge in [0, 0.05) is 13.1 Å². The number of carbonyl (C=O) groups is 1. The molecule has 0 saturated heterocycles. The number of ether oxygens (including phenoxy) is 2. The van der Waals surface area contributed by atoms with Gasteiger partial charge in [-0.25, -0.2) is 0 Å². The van der Waals surface area contributed by atoms with Crippen LogP contribution in [0.2, 0.25) is 0 Å². The van der Waals surface area contributed by atoms with E-state index in [1.807, 2.05) is 32.9 Å². The maximum Gasteiger partial charge on any atom is 0.232 e. The Kier molecular flexibility index (Phi) is 4.75. The van der Waals surface area contributed by atoms with Crippen LogP contribution < -0.4 is 9.47 Å². The van der Waals surface area contributed by atoms with Gasteiger partial charge in [0.1, 0.15) is 18.2 Å². The Balaban J connectivity index is 1.52. The molecule has 0 atom stereocenters. The first-order valence-electron chi connectivity index (χ1n) is 9.50. The van der Waals surface area contributed by atoms with Crippen LogP contribution in [0.5, 0.6) is 11.5 Å². The highest BCUT2D eigenvalue weighted by Gasteiger charge is 2.35. The average molecular weight is 363 g/mol. The predicted octanol–water partition coefficient (Wildman–Crippen LogP) is 4.65. The van der Waals surface area contributed by atoms with Crippen LogP contribution in [0, 0.1) is 6.92 Å². The molecule has 2 aromatic carbocycles. The third-order valence-electron chi connectivity index (χ3n) is 5.20. The average Bonchev–Trinajstić information content (AvgIpc) is 3.02. The lowest BCUT2D eigenvalue weighted by Crippen LogP contribution is -2.33. The summed E-state index contributed by atoms with van der Waals surface area (Å²) in [4.78, 5) is 15.0. The van der Waals surface area contributed by atoms with Gasteiger partial charge in [0.05, 0.1) is 11.1 Å². The van der Waals surface area contributed by atoms with Gasteiger partial charge in [0.25, 0.3) is 0 Å². The van der Waals surface area contributed by atoms with Crippen molar-refractivity contribution in [2.45, 2.75) is 40.2 Å². The summed E-state index contributed by atoms with van der Waals surface area (Å²) in [6, 6.07) is 12.5. The number of carbonyl (C=O) groups excluding carboxylic acids is 1. The summed E-state index contributed by atoms with van der Waals surface area (Å²) in [6.07, 6.45) is 2.11. The lowest BCUT2D eigenvalue weighted by molar-refractivity contribution is 0.0927. The minimum absolute atomic E-state index is 0.00787. The van der Waals surface area contributed by atoms with Crippen molar-refractivity contribution in [2.24, 2.45) is 0 Å². The molecule has 0 saturated carbocycles. The van der Waals surface area contributed by atoms with Gasteiger partial charge in [-0.05, 0) is 56.4 Å². The normalized spacial score (nSPS) is 15.8. The zero-order chi connectivity index (χ0) is 19.0. The minimum Gasteiger partial charge on any atom is -0.478 e. The van der Waals surface area contributed by atoms with Gasteiger partial charge in [-0.3, -0.25) is 9.69 Å². The fraction of sp³-hybridized carbons (Fsp3) is 0.348. The Morgan fingerprint density at radius 1 is 1.19 bits per heavy atom. The molecule has 0 fully saturated rings. The number of nitrogens with zero attached hydrogens (tertiary/aromatic N) is 1. The van der Waals surface area contributed by atoms with Gasteiger partial charge in [-0.15, -0.1) is 0 Å². The summed E-state index contributed by atoms with van der Waals surface area (Å²) in [7, 11) is 0. The number of hydrogen-bond donors (Lipinski definition) is 0. The monoisotopic (exact) mass is 363 g/mol. The number of ketones is 1. The molecule has 4 rings (SSSR count). The van der Waals surface area contributed by atoms with Crippen molar-refractivity contribution >= 4 is 5.78 Å². The van der Waals surface area contributed by atoms with E-state index in [9.17, 15) is 4.79 Å². The number of aryl methyl sites for hydroxylation is 2. The molecule has 0 N–H and O–H groups in total. The third kappa shape index (κ3) is 3.37. The molecular formula is C23H25NO3. The van der Waals surface area contributed by atoms with E-state index in [-0.39, 0.29) is 5.78 Å². The summed E-state index contributed by atoms with van der Waals surface area (Å²) >= 11 is 0. The molecule has 2 aromatic rings. The highest BCUT2D eigenvalue weighted by atomic mass is 16.5. The lowest BCUT2D eigenvalue weighted by atomic mass is 9.98. The van der Waals surface area contributed by atoms with Crippen LogP contribution in [0.25, 0.3) is 0 Å². The van der Waals surface area contributed by atoms with E-state index < -0.39 is 0 Å². The summed E-state index contributed by atoms with van der Waals surface area (Å²) in [5, 5.41) is 0. The van der Waals surface area contributed by atoms with Gasteiger partial charge >= 0.3 is 0 Å². The molecule has 0 radical (unpaired) electrons. The molecule has 0 aromatic heterocycles. The van der Waals surface area contributed by atoms with Gasteiger partial charge in [-0.1, -0.05) is 30.3 Å². The molecule has 0 unspecified atom stereocenters. The van der Waals surface area contributed by atoms with Gasteiger partial charge in [0.15, 0.2) is 5.76 Å². The van der Waals surface area contributed by atoms with Crippen molar-refractivity contribution in [1.29, 1.82) is 0 Å². The van der Waals surface area contributed by atoms with Crippen LogP contribution in [0.15, 0.2) is 47.7 Å². The summed E-state index contributed by atoms with van der Waals surface area (Å²) in [6.45, 7) is 8.03. The van der Waals surface area contributed by atoms with Crippen molar-refractivity contribution in [3.63, 3.8) is 0 Å². The Bertz CT molecular complexity index is 911. The topological polar surface area (TPSA) is 38.8 Å². The Labute approximate surface area is 160 Å². The second kappa shape index (κ2) is 7.20. The van der Waals surface area contributed by atoms with Crippen LogP contribution in [0.3, 0.4) is 0 Å². The van der Waals surface area contributed by atoms with E-state index in [0.29, 0.717) is 23.8 Å². The SMILES string of the molecule is CC(C)=C1Oc2c3c(cc(C)c2C1=O)OCN(CCCc1ccccc1)C3. The Morgan fingerprint density at radius 2 is 1.96 bits per heavy atom.